The highest BCUT2D eigenvalue weighted by atomic mass is 32.2. The Hall–Kier alpha value is -1.40. The van der Waals surface area contributed by atoms with Crippen LogP contribution in [0.5, 0.6) is 0 Å². The normalized spacial score (nSPS) is 21.8. The second-order valence-electron chi connectivity index (χ2n) is 6.09. The van der Waals surface area contributed by atoms with E-state index in [9.17, 15) is 9.00 Å². The summed E-state index contributed by atoms with van der Waals surface area (Å²) in [6.07, 6.45) is 3.40. The molecule has 0 aromatic heterocycles. The standard InChI is InChI=1S/C17H26N2O3S/c1-13-5-3-8-16(13)19-17(20)18-15-7-4-6-14(11-15)12-23(21)10-9-22-2/h4,6-7,11,13,16H,3,5,8-10,12H2,1-2H3,(H2,18,19,20)/t13-,16-,23+/m1/s1. The lowest BCUT2D eigenvalue weighted by molar-refractivity contribution is 0.218. The minimum atomic E-state index is -0.954. The van der Waals surface area contributed by atoms with Crippen LogP contribution >= 0.6 is 0 Å². The van der Waals surface area contributed by atoms with E-state index in [2.05, 4.69) is 17.6 Å². The maximum Gasteiger partial charge on any atom is 0.319 e. The van der Waals surface area contributed by atoms with Crippen LogP contribution in [0.25, 0.3) is 0 Å². The fourth-order valence-corrected chi connectivity index (χ4v) is 3.92. The van der Waals surface area contributed by atoms with Crippen molar-refractivity contribution in [1.82, 2.24) is 5.32 Å². The van der Waals surface area contributed by atoms with Crippen molar-refractivity contribution >= 4 is 22.5 Å². The minimum Gasteiger partial charge on any atom is -0.384 e. The summed E-state index contributed by atoms with van der Waals surface area (Å²) in [5.74, 6) is 1.53. The number of benzene rings is 1. The summed E-state index contributed by atoms with van der Waals surface area (Å²) in [7, 11) is 0.649. The Morgan fingerprint density at radius 2 is 2.22 bits per heavy atom. The molecule has 128 valence electrons. The molecule has 0 aliphatic heterocycles. The zero-order valence-electron chi connectivity index (χ0n) is 13.8. The lowest BCUT2D eigenvalue weighted by atomic mass is 10.1. The third-order valence-corrected chi connectivity index (χ3v) is 5.48. The van der Waals surface area contributed by atoms with E-state index < -0.39 is 10.8 Å². The predicted octanol–water partition coefficient (Wildman–Crippen LogP) is 2.89. The van der Waals surface area contributed by atoms with Crippen LogP contribution in [0.3, 0.4) is 0 Å². The molecule has 1 fully saturated rings. The Morgan fingerprint density at radius 3 is 2.91 bits per heavy atom. The molecule has 1 saturated carbocycles. The highest BCUT2D eigenvalue weighted by Gasteiger charge is 2.24. The van der Waals surface area contributed by atoms with Crippen LogP contribution in [0.4, 0.5) is 10.5 Å². The summed E-state index contributed by atoms with van der Waals surface area (Å²) in [5, 5.41) is 5.91. The predicted molar refractivity (Wildman–Crippen MR) is 94.0 cm³/mol. The summed E-state index contributed by atoms with van der Waals surface area (Å²) in [6, 6.07) is 7.62. The van der Waals surface area contributed by atoms with Gasteiger partial charge in [-0.05, 0) is 36.5 Å². The van der Waals surface area contributed by atoms with Gasteiger partial charge in [0.1, 0.15) is 0 Å². The Balaban J connectivity index is 1.86. The van der Waals surface area contributed by atoms with Crippen molar-refractivity contribution in [2.45, 2.75) is 38.0 Å². The second-order valence-corrected chi connectivity index (χ2v) is 7.67. The number of hydrogen-bond donors (Lipinski definition) is 2. The van der Waals surface area contributed by atoms with E-state index in [1.807, 2.05) is 24.3 Å². The van der Waals surface area contributed by atoms with E-state index in [0.29, 0.717) is 24.0 Å². The summed E-state index contributed by atoms with van der Waals surface area (Å²) >= 11 is 0. The van der Waals surface area contributed by atoms with Crippen LogP contribution in [-0.4, -0.2) is 35.8 Å². The Labute approximate surface area is 140 Å². The second kappa shape index (κ2) is 9.03. The molecule has 1 aliphatic rings. The van der Waals surface area contributed by atoms with Crippen LogP contribution < -0.4 is 10.6 Å². The van der Waals surface area contributed by atoms with Crippen molar-refractivity contribution in [3.63, 3.8) is 0 Å². The van der Waals surface area contributed by atoms with Gasteiger partial charge in [-0.25, -0.2) is 4.79 Å². The molecule has 0 heterocycles. The fourth-order valence-electron chi connectivity index (χ4n) is 2.87. The van der Waals surface area contributed by atoms with E-state index in [0.717, 1.165) is 17.7 Å². The third-order valence-electron chi connectivity index (χ3n) is 4.21. The summed E-state index contributed by atoms with van der Waals surface area (Å²) < 4.78 is 16.8. The molecular formula is C17H26N2O3S. The van der Waals surface area contributed by atoms with Crippen molar-refractivity contribution in [2.24, 2.45) is 5.92 Å². The number of carbonyl (C=O) groups excluding carboxylic acids is 1. The van der Waals surface area contributed by atoms with Crippen LogP contribution in [0.1, 0.15) is 31.7 Å². The number of nitrogens with one attached hydrogen (secondary N) is 2. The molecule has 0 radical (unpaired) electrons. The first-order valence-corrected chi connectivity index (χ1v) is 9.57. The molecule has 2 amide bonds. The van der Waals surface area contributed by atoms with Crippen molar-refractivity contribution in [3.05, 3.63) is 29.8 Å². The minimum absolute atomic E-state index is 0.165. The summed E-state index contributed by atoms with van der Waals surface area (Å²) in [5.41, 5.74) is 1.68. The van der Waals surface area contributed by atoms with Crippen LogP contribution in [0, 0.1) is 5.92 Å². The molecule has 2 N–H and O–H groups in total. The van der Waals surface area contributed by atoms with Gasteiger partial charge in [0, 0.05) is 41.1 Å². The molecule has 0 bridgehead atoms. The van der Waals surface area contributed by atoms with Crippen LogP contribution in [0.15, 0.2) is 24.3 Å². The van der Waals surface area contributed by atoms with Crippen molar-refractivity contribution in [3.8, 4) is 0 Å². The average Bonchev–Trinajstić information content (AvgIpc) is 2.90. The zero-order valence-corrected chi connectivity index (χ0v) is 14.7. The van der Waals surface area contributed by atoms with Crippen LogP contribution in [-0.2, 0) is 21.3 Å². The van der Waals surface area contributed by atoms with Gasteiger partial charge in [0.15, 0.2) is 0 Å². The summed E-state index contributed by atoms with van der Waals surface area (Å²) in [4.78, 5) is 12.1. The highest BCUT2D eigenvalue weighted by Crippen LogP contribution is 2.24. The van der Waals surface area contributed by atoms with Gasteiger partial charge < -0.3 is 15.4 Å². The van der Waals surface area contributed by atoms with Gasteiger partial charge in [-0.3, -0.25) is 4.21 Å². The Morgan fingerprint density at radius 1 is 1.39 bits per heavy atom. The molecule has 1 aliphatic carbocycles. The number of methoxy groups -OCH3 is 1. The number of urea groups is 1. The maximum atomic E-state index is 12.1. The smallest absolute Gasteiger partial charge is 0.319 e. The quantitative estimate of drug-likeness (QED) is 0.803. The van der Waals surface area contributed by atoms with E-state index in [1.165, 1.54) is 12.8 Å². The zero-order chi connectivity index (χ0) is 16.7. The number of carbonyl (C=O) groups is 1. The topological polar surface area (TPSA) is 67.4 Å². The van der Waals surface area contributed by atoms with Crippen LogP contribution in [0.2, 0.25) is 0 Å². The van der Waals surface area contributed by atoms with Gasteiger partial charge in [-0.1, -0.05) is 25.5 Å². The maximum absolute atomic E-state index is 12.1. The molecule has 1 aromatic rings. The van der Waals surface area contributed by atoms with Gasteiger partial charge in [-0.2, -0.15) is 0 Å². The molecule has 6 heteroatoms. The van der Waals surface area contributed by atoms with E-state index in [4.69, 9.17) is 4.74 Å². The summed E-state index contributed by atoms with van der Waals surface area (Å²) in [6.45, 7) is 2.67. The molecule has 3 atom stereocenters. The lowest BCUT2D eigenvalue weighted by Crippen LogP contribution is -2.39. The van der Waals surface area contributed by atoms with Gasteiger partial charge in [-0.15, -0.1) is 0 Å². The molecular weight excluding hydrogens is 312 g/mol. The van der Waals surface area contributed by atoms with E-state index in [1.54, 1.807) is 7.11 Å². The molecule has 5 nitrogen and oxygen atoms in total. The largest absolute Gasteiger partial charge is 0.384 e. The number of hydrogen-bond acceptors (Lipinski definition) is 3. The van der Waals surface area contributed by atoms with Crippen molar-refractivity contribution in [1.29, 1.82) is 0 Å². The molecule has 0 saturated heterocycles. The highest BCUT2D eigenvalue weighted by molar-refractivity contribution is 7.84. The van der Waals surface area contributed by atoms with Gasteiger partial charge in [0.05, 0.1) is 6.61 Å². The van der Waals surface area contributed by atoms with Crippen molar-refractivity contribution < 1.29 is 13.7 Å². The molecule has 1 aromatic carbocycles. The number of anilines is 1. The van der Waals surface area contributed by atoms with E-state index in [-0.39, 0.29) is 12.1 Å². The molecule has 2 rings (SSSR count). The first kappa shape index (κ1) is 17.9. The Bertz CT molecular complexity index is 550. The number of ether oxygens (including phenoxy) is 1. The monoisotopic (exact) mass is 338 g/mol. The first-order valence-electron chi connectivity index (χ1n) is 8.09. The van der Waals surface area contributed by atoms with Gasteiger partial charge in [0.25, 0.3) is 0 Å². The fraction of sp³-hybridized carbons (Fsp3) is 0.588. The molecule has 0 unspecified atom stereocenters. The van der Waals surface area contributed by atoms with Gasteiger partial charge >= 0.3 is 6.03 Å². The first-order chi connectivity index (χ1) is 11.1. The number of amides is 2. The van der Waals surface area contributed by atoms with Gasteiger partial charge in [0.2, 0.25) is 0 Å². The number of rotatable bonds is 7. The average molecular weight is 338 g/mol. The lowest BCUT2D eigenvalue weighted by Gasteiger charge is -2.18. The SMILES string of the molecule is COCC[S@](=O)Cc1cccc(NC(=O)N[C@@H]2CCC[C@H]2C)c1. The van der Waals surface area contributed by atoms with E-state index >= 15 is 0 Å². The Kier molecular flexibility index (Phi) is 7.05. The van der Waals surface area contributed by atoms with Crippen molar-refractivity contribution in [2.75, 3.05) is 24.8 Å². The third kappa shape index (κ3) is 5.95. The molecule has 0 spiro atoms. The molecule has 23 heavy (non-hydrogen) atoms.